The number of hydrogen-bond acceptors (Lipinski definition) is 6. The SMILES string of the molecule is COC(=O)[C@H]1N=CN(S(=O)(=O)c2ccc(C)cc2)[C@H]1c1ccc(OC)cc1. The van der Waals surface area contributed by atoms with E-state index in [2.05, 4.69) is 4.99 Å². The monoisotopic (exact) mass is 388 g/mol. The third-order valence-corrected chi connectivity index (χ3v) is 6.16. The summed E-state index contributed by atoms with van der Waals surface area (Å²) >= 11 is 0. The summed E-state index contributed by atoms with van der Waals surface area (Å²) in [5.41, 5.74) is 1.56. The van der Waals surface area contributed by atoms with E-state index in [9.17, 15) is 13.2 Å². The largest absolute Gasteiger partial charge is 0.497 e. The normalized spacial score (nSPS) is 19.1. The highest BCUT2D eigenvalue weighted by Crippen LogP contribution is 2.35. The highest BCUT2D eigenvalue weighted by molar-refractivity contribution is 7.89. The van der Waals surface area contributed by atoms with Crippen molar-refractivity contribution in [2.45, 2.75) is 23.9 Å². The highest BCUT2D eigenvalue weighted by atomic mass is 32.2. The number of carbonyl (C=O) groups is 1. The Hall–Kier alpha value is -2.87. The van der Waals surface area contributed by atoms with Crippen LogP contribution in [0.5, 0.6) is 5.75 Å². The predicted molar refractivity (Wildman–Crippen MR) is 100 cm³/mol. The van der Waals surface area contributed by atoms with Gasteiger partial charge in [-0.25, -0.2) is 17.5 Å². The summed E-state index contributed by atoms with van der Waals surface area (Å²) in [5, 5.41) is 0. The van der Waals surface area contributed by atoms with Gasteiger partial charge in [-0.15, -0.1) is 0 Å². The fourth-order valence-electron chi connectivity index (χ4n) is 2.91. The number of ether oxygens (including phenoxy) is 2. The predicted octanol–water partition coefficient (Wildman–Crippen LogP) is 2.32. The zero-order chi connectivity index (χ0) is 19.6. The molecule has 0 bridgehead atoms. The Morgan fingerprint density at radius 3 is 2.22 bits per heavy atom. The van der Waals surface area contributed by atoms with E-state index < -0.39 is 28.1 Å². The number of sulfonamides is 1. The van der Waals surface area contributed by atoms with Crippen LogP contribution >= 0.6 is 0 Å². The van der Waals surface area contributed by atoms with Crippen LogP contribution in [0.1, 0.15) is 17.2 Å². The van der Waals surface area contributed by atoms with E-state index >= 15 is 0 Å². The molecule has 0 N–H and O–H groups in total. The number of nitrogens with zero attached hydrogens (tertiary/aromatic N) is 2. The van der Waals surface area contributed by atoms with Crippen molar-refractivity contribution in [2.24, 2.45) is 4.99 Å². The molecule has 1 aliphatic rings. The lowest BCUT2D eigenvalue weighted by molar-refractivity contribution is -0.142. The summed E-state index contributed by atoms with van der Waals surface area (Å²) < 4.78 is 37.4. The molecular formula is C19H20N2O5S. The van der Waals surface area contributed by atoms with Gasteiger partial charge in [-0.05, 0) is 36.8 Å². The number of rotatable bonds is 5. The second-order valence-electron chi connectivity index (χ2n) is 6.10. The molecule has 2 aromatic carbocycles. The molecule has 3 rings (SSSR count). The quantitative estimate of drug-likeness (QED) is 0.734. The van der Waals surface area contributed by atoms with Gasteiger partial charge in [-0.2, -0.15) is 0 Å². The second kappa shape index (κ2) is 7.40. The van der Waals surface area contributed by atoms with Crippen LogP contribution in [0.15, 0.2) is 58.4 Å². The van der Waals surface area contributed by atoms with Crippen molar-refractivity contribution in [3.05, 3.63) is 59.7 Å². The lowest BCUT2D eigenvalue weighted by atomic mass is 10.0. The number of benzene rings is 2. The first-order valence-corrected chi connectivity index (χ1v) is 9.68. The zero-order valence-corrected chi connectivity index (χ0v) is 16.0. The Bertz CT molecular complexity index is 953. The van der Waals surface area contributed by atoms with Crippen molar-refractivity contribution in [1.82, 2.24) is 4.31 Å². The van der Waals surface area contributed by atoms with Crippen molar-refractivity contribution >= 4 is 22.3 Å². The van der Waals surface area contributed by atoms with Crippen molar-refractivity contribution in [3.8, 4) is 5.75 Å². The van der Waals surface area contributed by atoms with Gasteiger partial charge >= 0.3 is 5.97 Å². The van der Waals surface area contributed by atoms with E-state index in [0.29, 0.717) is 11.3 Å². The van der Waals surface area contributed by atoms with E-state index in [1.54, 1.807) is 43.5 Å². The molecule has 0 aliphatic carbocycles. The van der Waals surface area contributed by atoms with Gasteiger partial charge in [0, 0.05) is 0 Å². The number of aryl methyl sites for hydroxylation is 1. The number of esters is 1. The van der Waals surface area contributed by atoms with Gasteiger partial charge < -0.3 is 9.47 Å². The standard InChI is InChI=1S/C19H20N2O5S/c1-13-4-10-16(11-5-13)27(23,24)21-12-20-17(19(22)26-3)18(21)14-6-8-15(25-2)9-7-14/h4-12,17-18H,1-3H3/t17-,18-/m0/s1. The summed E-state index contributed by atoms with van der Waals surface area (Å²) in [5.74, 6) is 0.0221. The Labute approximate surface area is 158 Å². The molecular weight excluding hydrogens is 368 g/mol. The molecule has 0 saturated heterocycles. The minimum Gasteiger partial charge on any atom is -0.497 e. The molecule has 27 heavy (non-hydrogen) atoms. The summed E-state index contributed by atoms with van der Waals surface area (Å²) in [4.78, 5) is 16.4. The van der Waals surface area contributed by atoms with Crippen LogP contribution in [-0.4, -0.2) is 45.3 Å². The summed E-state index contributed by atoms with van der Waals surface area (Å²) in [6.07, 6.45) is 1.19. The Morgan fingerprint density at radius 2 is 1.67 bits per heavy atom. The van der Waals surface area contributed by atoms with Crippen molar-refractivity contribution in [2.75, 3.05) is 14.2 Å². The molecule has 0 fully saturated rings. The molecule has 8 heteroatoms. The number of hydrogen-bond donors (Lipinski definition) is 0. The zero-order valence-electron chi connectivity index (χ0n) is 15.2. The van der Waals surface area contributed by atoms with Gasteiger partial charge in [0.2, 0.25) is 0 Å². The Balaban J connectivity index is 2.05. The average molecular weight is 388 g/mol. The summed E-state index contributed by atoms with van der Waals surface area (Å²) in [6, 6.07) is 11.5. The fourth-order valence-corrected chi connectivity index (χ4v) is 4.35. The molecule has 1 aliphatic heterocycles. The second-order valence-corrected chi connectivity index (χ2v) is 7.94. The van der Waals surface area contributed by atoms with Gasteiger partial charge in [-0.3, -0.25) is 4.99 Å². The van der Waals surface area contributed by atoms with Crippen LogP contribution in [0.25, 0.3) is 0 Å². The minimum atomic E-state index is -3.90. The maximum Gasteiger partial charge on any atom is 0.333 e. The van der Waals surface area contributed by atoms with Crippen molar-refractivity contribution in [1.29, 1.82) is 0 Å². The first-order valence-electron chi connectivity index (χ1n) is 8.24. The third kappa shape index (κ3) is 3.52. The van der Waals surface area contributed by atoms with Gasteiger partial charge in [-0.1, -0.05) is 29.8 Å². The van der Waals surface area contributed by atoms with E-state index in [1.807, 2.05) is 6.92 Å². The van der Waals surface area contributed by atoms with Crippen molar-refractivity contribution in [3.63, 3.8) is 0 Å². The molecule has 0 spiro atoms. The molecule has 0 amide bonds. The number of carbonyl (C=O) groups excluding carboxylic acids is 1. The number of methoxy groups -OCH3 is 2. The van der Waals surface area contributed by atoms with Crippen LogP contribution in [-0.2, 0) is 19.6 Å². The topological polar surface area (TPSA) is 85.3 Å². The fraction of sp³-hybridized carbons (Fsp3) is 0.263. The van der Waals surface area contributed by atoms with Gasteiger partial charge in [0.15, 0.2) is 6.04 Å². The van der Waals surface area contributed by atoms with E-state index in [-0.39, 0.29) is 4.90 Å². The van der Waals surface area contributed by atoms with Crippen LogP contribution < -0.4 is 4.74 Å². The minimum absolute atomic E-state index is 0.128. The first kappa shape index (κ1) is 18.9. The molecule has 0 aromatic heterocycles. The highest BCUT2D eigenvalue weighted by Gasteiger charge is 2.43. The summed E-state index contributed by atoms with van der Waals surface area (Å²) in [6.45, 7) is 1.88. The molecule has 7 nitrogen and oxygen atoms in total. The van der Waals surface area contributed by atoms with Crippen molar-refractivity contribution < 1.29 is 22.7 Å². The molecule has 0 radical (unpaired) electrons. The van der Waals surface area contributed by atoms with E-state index in [0.717, 1.165) is 9.87 Å². The van der Waals surface area contributed by atoms with Gasteiger partial charge in [0.05, 0.1) is 19.1 Å². The Morgan fingerprint density at radius 1 is 1.04 bits per heavy atom. The molecule has 0 unspecified atom stereocenters. The lowest BCUT2D eigenvalue weighted by Gasteiger charge is -2.27. The maximum absolute atomic E-state index is 13.2. The van der Waals surface area contributed by atoms with Crippen LogP contribution in [0.4, 0.5) is 0 Å². The van der Waals surface area contributed by atoms with Gasteiger partial charge in [0.1, 0.15) is 18.1 Å². The molecule has 142 valence electrons. The molecule has 0 saturated carbocycles. The van der Waals surface area contributed by atoms with Crippen LogP contribution in [0, 0.1) is 6.92 Å². The lowest BCUT2D eigenvalue weighted by Crippen LogP contribution is -2.37. The van der Waals surface area contributed by atoms with E-state index in [4.69, 9.17) is 9.47 Å². The smallest absolute Gasteiger partial charge is 0.333 e. The van der Waals surface area contributed by atoms with Crippen LogP contribution in [0.2, 0.25) is 0 Å². The average Bonchev–Trinajstić information content (AvgIpc) is 3.13. The van der Waals surface area contributed by atoms with Gasteiger partial charge in [0.25, 0.3) is 10.0 Å². The Kier molecular flexibility index (Phi) is 5.18. The molecule has 2 aromatic rings. The molecule has 1 heterocycles. The number of aliphatic imine (C=N–C) groups is 1. The molecule has 2 atom stereocenters. The first-order chi connectivity index (χ1) is 12.9. The summed E-state index contributed by atoms with van der Waals surface area (Å²) in [7, 11) is -1.11. The maximum atomic E-state index is 13.2. The van der Waals surface area contributed by atoms with E-state index in [1.165, 1.54) is 25.6 Å². The van der Waals surface area contributed by atoms with Crippen LogP contribution in [0.3, 0.4) is 0 Å². The third-order valence-electron chi connectivity index (χ3n) is 4.41.